The van der Waals surface area contributed by atoms with Gasteiger partial charge < -0.3 is 14.7 Å². The van der Waals surface area contributed by atoms with Crippen LogP contribution in [0, 0.1) is 11.8 Å². The van der Waals surface area contributed by atoms with E-state index in [0.29, 0.717) is 24.6 Å². The molecule has 0 bridgehead atoms. The van der Waals surface area contributed by atoms with Gasteiger partial charge in [-0.3, -0.25) is 4.79 Å². The van der Waals surface area contributed by atoms with Crippen molar-refractivity contribution in [3.05, 3.63) is 21.9 Å². The van der Waals surface area contributed by atoms with Crippen molar-refractivity contribution in [3.63, 3.8) is 0 Å². The Morgan fingerprint density at radius 1 is 1.58 bits per heavy atom. The second-order valence-corrected chi connectivity index (χ2v) is 6.04. The molecule has 0 aliphatic carbocycles. The molecule has 1 fully saturated rings. The number of aliphatic hydroxyl groups is 1. The Kier molecular flexibility index (Phi) is 4.25. The molecule has 2 rings (SSSR count). The SMILES string of the molecule is CC1(C)CN(C(=O)c2ccc(C#CCO)s2)CCO1. The van der Waals surface area contributed by atoms with Crippen LogP contribution in [0.25, 0.3) is 0 Å². The molecule has 0 unspecified atom stereocenters. The smallest absolute Gasteiger partial charge is 0.264 e. The van der Waals surface area contributed by atoms with Gasteiger partial charge in [-0.05, 0) is 26.0 Å². The van der Waals surface area contributed by atoms with E-state index in [9.17, 15) is 4.79 Å². The summed E-state index contributed by atoms with van der Waals surface area (Å²) in [5, 5.41) is 8.65. The molecule has 0 saturated carbocycles. The molecular formula is C14H17NO3S. The predicted octanol–water partition coefficient (Wildman–Crippen LogP) is 1.34. The number of thiophene rings is 1. The Labute approximate surface area is 117 Å². The lowest BCUT2D eigenvalue weighted by molar-refractivity contribution is -0.0763. The van der Waals surface area contributed by atoms with Crippen LogP contribution in [0.1, 0.15) is 28.4 Å². The maximum absolute atomic E-state index is 12.4. The van der Waals surface area contributed by atoms with Crippen LogP contribution in [0.2, 0.25) is 0 Å². The predicted molar refractivity (Wildman–Crippen MR) is 74.2 cm³/mol. The molecule has 1 aromatic heterocycles. The third-order valence-corrected chi connectivity index (χ3v) is 3.81. The maximum atomic E-state index is 12.4. The zero-order valence-electron chi connectivity index (χ0n) is 11.1. The zero-order valence-corrected chi connectivity index (χ0v) is 11.9. The van der Waals surface area contributed by atoms with E-state index in [-0.39, 0.29) is 18.1 Å². The molecular weight excluding hydrogens is 262 g/mol. The van der Waals surface area contributed by atoms with Crippen LogP contribution in [0.15, 0.2) is 12.1 Å². The Morgan fingerprint density at radius 2 is 2.37 bits per heavy atom. The highest BCUT2D eigenvalue weighted by Gasteiger charge is 2.30. The Bertz CT molecular complexity index is 524. The van der Waals surface area contributed by atoms with Crippen molar-refractivity contribution in [1.29, 1.82) is 0 Å². The lowest BCUT2D eigenvalue weighted by Gasteiger charge is -2.37. The Hall–Kier alpha value is -1.35. The standard InChI is InChI=1S/C14H17NO3S/c1-14(2)10-15(7-9-18-14)13(17)12-6-5-11(19-12)4-3-8-16/h5-6,16H,7-10H2,1-2H3. The van der Waals surface area contributed by atoms with Gasteiger partial charge in [-0.2, -0.15) is 0 Å². The second kappa shape index (κ2) is 5.74. The van der Waals surface area contributed by atoms with E-state index in [4.69, 9.17) is 9.84 Å². The van der Waals surface area contributed by atoms with E-state index in [2.05, 4.69) is 11.8 Å². The number of hydrogen-bond acceptors (Lipinski definition) is 4. The van der Waals surface area contributed by atoms with Crippen molar-refractivity contribution in [1.82, 2.24) is 4.90 Å². The first kappa shape index (κ1) is 14.1. The average molecular weight is 279 g/mol. The summed E-state index contributed by atoms with van der Waals surface area (Å²) < 4.78 is 5.60. The van der Waals surface area contributed by atoms with Gasteiger partial charge in [0, 0.05) is 13.1 Å². The van der Waals surface area contributed by atoms with Crippen molar-refractivity contribution < 1.29 is 14.6 Å². The summed E-state index contributed by atoms with van der Waals surface area (Å²) in [6.07, 6.45) is 0. The second-order valence-electron chi connectivity index (χ2n) is 4.96. The topological polar surface area (TPSA) is 49.8 Å². The minimum atomic E-state index is -0.287. The highest BCUT2D eigenvalue weighted by atomic mass is 32.1. The van der Waals surface area contributed by atoms with Gasteiger partial charge in [0.2, 0.25) is 0 Å². The first-order valence-corrected chi connectivity index (χ1v) is 6.96. The van der Waals surface area contributed by atoms with Crippen molar-refractivity contribution >= 4 is 17.2 Å². The largest absolute Gasteiger partial charge is 0.384 e. The summed E-state index contributed by atoms with van der Waals surface area (Å²) in [7, 11) is 0. The van der Waals surface area contributed by atoms with Gasteiger partial charge in [0.1, 0.15) is 6.61 Å². The average Bonchev–Trinajstić information content (AvgIpc) is 2.83. The van der Waals surface area contributed by atoms with Crippen LogP contribution < -0.4 is 0 Å². The van der Waals surface area contributed by atoms with Crippen LogP contribution in [-0.4, -0.2) is 47.8 Å². The third kappa shape index (κ3) is 3.57. The van der Waals surface area contributed by atoms with Gasteiger partial charge in [-0.25, -0.2) is 0 Å². The Morgan fingerprint density at radius 3 is 3.05 bits per heavy atom. The third-order valence-electron chi connectivity index (χ3n) is 2.82. The summed E-state index contributed by atoms with van der Waals surface area (Å²) in [5.74, 6) is 5.42. The lowest BCUT2D eigenvalue weighted by atomic mass is 10.1. The summed E-state index contributed by atoms with van der Waals surface area (Å²) in [6, 6.07) is 3.60. The van der Waals surface area contributed by atoms with Crippen molar-refractivity contribution in [2.45, 2.75) is 19.4 Å². The molecule has 1 saturated heterocycles. The molecule has 2 heterocycles. The fourth-order valence-electron chi connectivity index (χ4n) is 1.99. The number of hydrogen-bond donors (Lipinski definition) is 1. The molecule has 4 nitrogen and oxygen atoms in total. The number of morpholine rings is 1. The van der Waals surface area contributed by atoms with Gasteiger partial charge >= 0.3 is 0 Å². The summed E-state index contributed by atoms with van der Waals surface area (Å²) in [5.41, 5.74) is -0.287. The van der Waals surface area contributed by atoms with Crippen molar-refractivity contribution in [2.24, 2.45) is 0 Å². The number of carbonyl (C=O) groups excluding carboxylic acids is 1. The molecule has 1 amide bonds. The van der Waals surface area contributed by atoms with Gasteiger partial charge in [-0.15, -0.1) is 11.3 Å². The van der Waals surface area contributed by atoms with E-state index in [1.807, 2.05) is 24.8 Å². The van der Waals surface area contributed by atoms with E-state index in [0.717, 1.165) is 4.88 Å². The molecule has 1 aromatic rings. The van der Waals surface area contributed by atoms with Crippen LogP contribution in [-0.2, 0) is 4.74 Å². The monoisotopic (exact) mass is 279 g/mol. The van der Waals surface area contributed by atoms with Crippen LogP contribution >= 0.6 is 11.3 Å². The van der Waals surface area contributed by atoms with E-state index < -0.39 is 0 Å². The van der Waals surface area contributed by atoms with E-state index in [1.54, 1.807) is 6.07 Å². The highest BCUT2D eigenvalue weighted by molar-refractivity contribution is 7.14. The minimum absolute atomic E-state index is 0.0263. The quantitative estimate of drug-likeness (QED) is 0.789. The van der Waals surface area contributed by atoms with E-state index in [1.165, 1.54) is 11.3 Å². The number of amides is 1. The van der Waals surface area contributed by atoms with Gasteiger partial charge in [-0.1, -0.05) is 11.8 Å². The van der Waals surface area contributed by atoms with Crippen molar-refractivity contribution in [3.8, 4) is 11.8 Å². The lowest BCUT2D eigenvalue weighted by Crippen LogP contribution is -2.50. The zero-order chi connectivity index (χ0) is 13.9. The van der Waals surface area contributed by atoms with Crippen molar-refractivity contribution in [2.75, 3.05) is 26.3 Å². The fraction of sp³-hybridized carbons (Fsp3) is 0.500. The van der Waals surface area contributed by atoms with E-state index >= 15 is 0 Å². The van der Waals surface area contributed by atoms with Crippen LogP contribution in [0.3, 0.4) is 0 Å². The molecule has 0 spiro atoms. The molecule has 0 radical (unpaired) electrons. The van der Waals surface area contributed by atoms with Gasteiger partial charge in [0.25, 0.3) is 5.91 Å². The number of carbonyl (C=O) groups is 1. The minimum Gasteiger partial charge on any atom is -0.384 e. The molecule has 0 aromatic carbocycles. The normalized spacial score (nSPS) is 17.7. The number of aliphatic hydroxyl groups excluding tert-OH is 1. The summed E-state index contributed by atoms with van der Waals surface area (Å²) >= 11 is 1.36. The summed E-state index contributed by atoms with van der Waals surface area (Å²) in [6.45, 7) is 5.59. The Balaban J connectivity index is 2.09. The maximum Gasteiger partial charge on any atom is 0.264 e. The first-order valence-electron chi connectivity index (χ1n) is 6.15. The molecule has 19 heavy (non-hydrogen) atoms. The van der Waals surface area contributed by atoms with Crippen LogP contribution in [0.4, 0.5) is 0 Å². The number of ether oxygens (including phenoxy) is 1. The molecule has 1 aliphatic rings. The molecule has 102 valence electrons. The fourth-order valence-corrected chi connectivity index (χ4v) is 2.84. The van der Waals surface area contributed by atoms with Gasteiger partial charge in [0.15, 0.2) is 0 Å². The van der Waals surface area contributed by atoms with Crippen LogP contribution in [0.5, 0.6) is 0 Å². The molecule has 0 atom stereocenters. The molecule has 1 aliphatic heterocycles. The summed E-state index contributed by atoms with van der Waals surface area (Å²) in [4.78, 5) is 15.7. The number of nitrogens with zero attached hydrogens (tertiary/aromatic N) is 1. The highest BCUT2D eigenvalue weighted by Crippen LogP contribution is 2.22. The van der Waals surface area contributed by atoms with Gasteiger partial charge in [0.05, 0.1) is 22.0 Å². The molecule has 1 N–H and O–H groups in total. The number of rotatable bonds is 1. The molecule has 5 heteroatoms. The first-order chi connectivity index (χ1) is 9.02.